The summed E-state index contributed by atoms with van der Waals surface area (Å²) in [5, 5.41) is 0. The molecule has 0 saturated carbocycles. The minimum atomic E-state index is -0.324. The van der Waals surface area contributed by atoms with Crippen LogP contribution >= 0.6 is 12.4 Å². The van der Waals surface area contributed by atoms with Gasteiger partial charge >= 0.3 is 0 Å². The van der Waals surface area contributed by atoms with Crippen LogP contribution in [-0.2, 0) is 0 Å². The molecule has 1 aliphatic heterocycles. The number of amides is 2. The summed E-state index contributed by atoms with van der Waals surface area (Å²) in [6, 6.07) is 10.1. The number of carbonyl (C=O) groups is 2. The fourth-order valence-corrected chi connectivity index (χ4v) is 1.93. The van der Waals surface area contributed by atoms with Gasteiger partial charge in [-0.05, 0) is 24.3 Å². The van der Waals surface area contributed by atoms with E-state index in [2.05, 4.69) is 4.98 Å². The SMILES string of the molecule is Cl.O=C1c2ccccc2C(=O)N1COc1ccncc1. The van der Waals surface area contributed by atoms with Gasteiger partial charge in [-0.1, -0.05) is 12.1 Å². The summed E-state index contributed by atoms with van der Waals surface area (Å²) in [4.78, 5) is 29.0. The van der Waals surface area contributed by atoms with Crippen molar-refractivity contribution in [3.63, 3.8) is 0 Å². The third-order valence-corrected chi connectivity index (χ3v) is 2.89. The second-order valence-corrected chi connectivity index (χ2v) is 4.04. The summed E-state index contributed by atoms with van der Waals surface area (Å²) in [6.07, 6.45) is 3.16. The number of halogens is 1. The van der Waals surface area contributed by atoms with Crippen molar-refractivity contribution in [3.05, 3.63) is 59.9 Å². The molecule has 0 spiro atoms. The number of hydrogen-bond donors (Lipinski definition) is 0. The Morgan fingerprint density at radius 3 is 2.05 bits per heavy atom. The monoisotopic (exact) mass is 290 g/mol. The Morgan fingerprint density at radius 2 is 1.50 bits per heavy atom. The summed E-state index contributed by atoms with van der Waals surface area (Å²) in [5.74, 6) is -0.0872. The third-order valence-electron chi connectivity index (χ3n) is 2.89. The number of hydrogen-bond acceptors (Lipinski definition) is 4. The largest absolute Gasteiger partial charge is 0.472 e. The molecule has 1 aromatic carbocycles. The lowest BCUT2D eigenvalue weighted by Gasteiger charge is -2.14. The molecule has 0 fully saturated rings. The first-order valence-corrected chi connectivity index (χ1v) is 5.75. The maximum absolute atomic E-state index is 12.0. The molecule has 0 unspecified atom stereocenters. The number of pyridine rings is 1. The first-order chi connectivity index (χ1) is 9.27. The molecule has 0 aliphatic carbocycles. The van der Waals surface area contributed by atoms with Crippen LogP contribution in [0.4, 0.5) is 0 Å². The molecule has 1 aliphatic rings. The van der Waals surface area contributed by atoms with Crippen molar-refractivity contribution in [2.45, 2.75) is 0 Å². The molecule has 20 heavy (non-hydrogen) atoms. The number of rotatable bonds is 3. The molecule has 0 bridgehead atoms. The Kier molecular flexibility index (Phi) is 4.00. The normalized spacial score (nSPS) is 12.9. The van der Waals surface area contributed by atoms with Crippen LogP contribution in [0.15, 0.2) is 48.8 Å². The van der Waals surface area contributed by atoms with Crippen LogP contribution in [0.5, 0.6) is 5.75 Å². The van der Waals surface area contributed by atoms with Crippen molar-refractivity contribution in [3.8, 4) is 5.75 Å². The number of carbonyl (C=O) groups excluding carboxylic acids is 2. The topological polar surface area (TPSA) is 59.5 Å². The number of ether oxygens (including phenoxy) is 1. The van der Waals surface area contributed by atoms with E-state index in [9.17, 15) is 9.59 Å². The zero-order valence-electron chi connectivity index (χ0n) is 10.4. The van der Waals surface area contributed by atoms with Crippen LogP contribution < -0.4 is 4.74 Å². The van der Waals surface area contributed by atoms with Crippen molar-refractivity contribution >= 4 is 24.2 Å². The van der Waals surface area contributed by atoms with Crippen molar-refractivity contribution in [2.75, 3.05) is 6.73 Å². The maximum atomic E-state index is 12.0. The minimum Gasteiger partial charge on any atom is -0.472 e. The van der Waals surface area contributed by atoms with Gasteiger partial charge in [0.05, 0.1) is 11.1 Å². The van der Waals surface area contributed by atoms with Gasteiger partial charge in [0.25, 0.3) is 11.8 Å². The highest BCUT2D eigenvalue weighted by Crippen LogP contribution is 2.22. The van der Waals surface area contributed by atoms with Gasteiger partial charge in [-0.15, -0.1) is 12.4 Å². The van der Waals surface area contributed by atoms with Gasteiger partial charge in [-0.3, -0.25) is 14.6 Å². The lowest BCUT2D eigenvalue weighted by atomic mass is 10.1. The molecule has 6 heteroatoms. The molecule has 2 aromatic rings. The molecule has 1 aromatic heterocycles. The summed E-state index contributed by atoms with van der Waals surface area (Å²) in [6.45, 7) is -0.101. The molecule has 102 valence electrons. The molecule has 2 heterocycles. The highest BCUT2D eigenvalue weighted by molar-refractivity contribution is 6.21. The number of fused-ring (bicyclic) bond motifs is 1. The summed E-state index contributed by atoms with van der Waals surface area (Å²) < 4.78 is 5.41. The van der Waals surface area contributed by atoms with Crippen LogP contribution in [0.25, 0.3) is 0 Å². The van der Waals surface area contributed by atoms with Crippen LogP contribution in [0.2, 0.25) is 0 Å². The first-order valence-electron chi connectivity index (χ1n) is 5.75. The predicted octanol–water partition coefficient (Wildman–Crippen LogP) is 2.14. The highest BCUT2D eigenvalue weighted by Gasteiger charge is 2.35. The van der Waals surface area contributed by atoms with E-state index in [1.165, 1.54) is 0 Å². The lowest BCUT2D eigenvalue weighted by molar-refractivity contribution is 0.0522. The van der Waals surface area contributed by atoms with E-state index in [1.54, 1.807) is 48.8 Å². The van der Waals surface area contributed by atoms with E-state index in [-0.39, 0.29) is 31.0 Å². The van der Waals surface area contributed by atoms with E-state index in [1.807, 2.05) is 0 Å². The molecule has 2 amide bonds. The van der Waals surface area contributed by atoms with Gasteiger partial charge in [-0.2, -0.15) is 0 Å². The Morgan fingerprint density at radius 1 is 0.950 bits per heavy atom. The zero-order valence-corrected chi connectivity index (χ0v) is 11.2. The summed E-state index contributed by atoms with van der Waals surface area (Å²) >= 11 is 0. The van der Waals surface area contributed by atoms with Gasteiger partial charge in [0.15, 0.2) is 6.73 Å². The quantitative estimate of drug-likeness (QED) is 0.813. The number of nitrogens with zero attached hydrogens (tertiary/aromatic N) is 2. The molecule has 0 N–H and O–H groups in total. The van der Waals surface area contributed by atoms with Crippen LogP contribution in [0.3, 0.4) is 0 Å². The third kappa shape index (κ3) is 2.35. The molecular formula is C14H11ClN2O3. The van der Waals surface area contributed by atoms with Gasteiger partial charge in [0.2, 0.25) is 0 Å². The number of benzene rings is 1. The van der Waals surface area contributed by atoms with Crippen molar-refractivity contribution in [1.82, 2.24) is 9.88 Å². The molecule has 0 radical (unpaired) electrons. The zero-order chi connectivity index (χ0) is 13.2. The van der Waals surface area contributed by atoms with Crippen molar-refractivity contribution < 1.29 is 14.3 Å². The molecule has 0 atom stereocenters. The second kappa shape index (κ2) is 5.71. The minimum absolute atomic E-state index is 0. The second-order valence-electron chi connectivity index (χ2n) is 4.04. The van der Waals surface area contributed by atoms with Gasteiger partial charge in [0.1, 0.15) is 5.75 Å². The van der Waals surface area contributed by atoms with E-state index in [0.29, 0.717) is 16.9 Å². The summed E-state index contributed by atoms with van der Waals surface area (Å²) in [5.41, 5.74) is 0.844. The van der Waals surface area contributed by atoms with Crippen LogP contribution in [-0.4, -0.2) is 28.4 Å². The van der Waals surface area contributed by atoms with Crippen molar-refractivity contribution in [1.29, 1.82) is 0 Å². The standard InChI is InChI=1S/C14H10N2O3.ClH/c17-13-11-3-1-2-4-12(11)14(18)16(13)9-19-10-5-7-15-8-6-10;/h1-8H,9H2;1H. The average Bonchev–Trinajstić information content (AvgIpc) is 2.71. The van der Waals surface area contributed by atoms with E-state index in [0.717, 1.165) is 4.90 Å². The maximum Gasteiger partial charge on any atom is 0.264 e. The Hall–Kier alpha value is -2.40. The van der Waals surface area contributed by atoms with E-state index >= 15 is 0 Å². The molecule has 0 saturated heterocycles. The molecule has 5 nitrogen and oxygen atoms in total. The van der Waals surface area contributed by atoms with Crippen LogP contribution in [0.1, 0.15) is 20.7 Å². The molecule has 3 rings (SSSR count). The van der Waals surface area contributed by atoms with Gasteiger partial charge < -0.3 is 4.74 Å². The average molecular weight is 291 g/mol. The fraction of sp³-hybridized carbons (Fsp3) is 0.0714. The Bertz CT molecular complexity index is 611. The molecular weight excluding hydrogens is 280 g/mol. The lowest BCUT2D eigenvalue weighted by Crippen LogP contribution is -2.33. The Labute approximate surface area is 121 Å². The van der Waals surface area contributed by atoms with Crippen LogP contribution in [0, 0.1) is 0 Å². The van der Waals surface area contributed by atoms with Crippen molar-refractivity contribution in [2.24, 2.45) is 0 Å². The summed E-state index contributed by atoms with van der Waals surface area (Å²) in [7, 11) is 0. The smallest absolute Gasteiger partial charge is 0.264 e. The fourth-order valence-electron chi connectivity index (χ4n) is 1.93. The highest BCUT2D eigenvalue weighted by atomic mass is 35.5. The Balaban J connectivity index is 0.00000147. The van der Waals surface area contributed by atoms with E-state index < -0.39 is 0 Å². The number of imide groups is 1. The first kappa shape index (κ1) is 14.0. The van der Waals surface area contributed by atoms with Gasteiger partial charge in [-0.25, -0.2) is 4.90 Å². The van der Waals surface area contributed by atoms with E-state index in [4.69, 9.17) is 4.74 Å². The van der Waals surface area contributed by atoms with Gasteiger partial charge in [0, 0.05) is 12.4 Å². The predicted molar refractivity (Wildman–Crippen MR) is 73.9 cm³/mol. The number of aromatic nitrogens is 1.